The zero-order valence-corrected chi connectivity index (χ0v) is 7.17. The van der Waals surface area contributed by atoms with Gasteiger partial charge in [0.05, 0.1) is 6.20 Å². The number of hydrogen-bond donors (Lipinski definition) is 1. The van der Waals surface area contributed by atoms with E-state index in [1.165, 1.54) is 11.3 Å². The highest BCUT2D eigenvalue weighted by atomic mass is 15.3. The van der Waals surface area contributed by atoms with E-state index < -0.39 is 0 Å². The van der Waals surface area contributed by atoms with Crippen molar-refractivity contribution in [3.8, 4) is 0 Å². The summed E-state index contributed by atoms with van der Waals surface area (Å²) in [6.45, 7) is 5.82. The third-order valence-electron chi connectivity index (χ3n) is 1.92. The van der Waals surface area contributed by atoms with Crippen LogP contribution in [0.3, 0.4) is 0 Å². The van der Waals surface area contributed by atoms with E-state index in [0.29, 0.717) is 6.54 Å². The Labute approximate surface area is 67.2 Å². The molecule has 0 aromatic carbocycles. The molecule has 0 spiro atoms. The molecule has 0 radical (unpaired) electrons. The van der Waals surface area contributed by atoms with E-state index in [9.17, 15) is 0 Å². The first-order chi connectivity index (χ1) is 5.29. The minimum atomic E-state index is 0.705. The highest BCUT2D eigenvalue weighted by molar-refractivity contribution is 5.16. The summed E-state index contributed by atoms with van der Waals surface area (Å²) < 4.78 is 1.99. The average molecular weight is 153 g/mol. The van der Waals surface area contributed by atoms with Gasteiger partial charge in [0.15, 0.2) is 0 Å². The first-order valence-electron chi connectivity index (χ1n) is 4.01. The first kappa shape index (κ1) is 8.27. The first-order valence-corrected chi connectivity index (χ1v) is 4.01. The van der Waals surface area contributed by atoms with Crippen LogP contribution in [0.15, 0.2) is 6.20 Å². The van der Waals surface area contributed by atoms with Crippen molar-refractivity contribution in [3.63, 3.8) is 0 Å². The van der Waals surface area contributed by atoms with Crippen LogP contribution in [0.4, 0.5) is 0 Å². The van der Waals surface area contributed by atoms with Crippen molar-refractivity contribution in [2.75, 3.05) is 6.54 Å². The smallest absolute Gasteiger partial charge is 0.0525 e. The van der Waals surface area contributed by atoms with Gasteiger partial charge < -0.3 is 5.73 Å². The summed E-state index contributed by atoms with van der Waals surface area (Å²) in [6, 6.07) is 0. The maximum Gasteiger partial charge on any atom is 0.0525 e. The van der Waals surface area contributed by atoms with E-state index in [-0.39, 0.29) is 0 Å². The summed E-state index contributed by atoms with van der Waals surface area (Å²) in [5.41, 5.74) is 7.96. The number of nitrogens with zero attached hydrogens (tertiary/aromatic N) is 2. The monoisotopic (exact) mass is 153 g/mol. The van der Waals surface area contributed by atoms with Crippen LogP contribution in [0, 0.1) is 6.92 Å². The molecule has 0 fully saturated rings. The van der Waals surface area contributed by atoms with Crippen LogP contribution in [0.25, 0.3) is 0 Å². The van der Waals surface area contributed by atoms with Crippen molar-refractivity contribution in [2.24, 2.45) is 5.73 Å². The summed E-state index contributed by atoms with van der Waals surface area (Å²) in [5, 5.41) is 4.21. The molecule has 2 N–H and O–H groups in total. The highest BCUT2D eigenvalue weighted by Gasteiger charge is 2.02. The second-order valence-electron chi connectivity index (χ2n) is 2.61. The molecule has 0 atom stereocenters. The van der Waals surface area contributed by atoms with E-state index >= 15 is 0 Å². The Kier molecular flexibility index (Phi) is 2.65. The topological polar surface area (TPSA) is 43.8 Å². The molecule has 0 bridgehead atoms. The number of hydrogen-bond acceptors (Lipinski definition) is 2. The van der Waals surface area contributed by atoms with Crippen LogP contribution in [0.1, 0.15) is 18.2 Å². The van der Waals surface area contributed by atoms with Crippen molar-refractivity contribution >= 4 is 0 Å². The molecule has 3 nitrogen and oxygen atoms in total. The Balaban J connectivity index is 2.82. The summed E-state index contributed by atoms with van der Waals surface area (Å²) in [6.07, 6.45) is 2.84. The van der Waals surface area contributed by atoms with Crippen molar-refractivity contribution < 1.29 is 0 Å². The summed E-state index contributed by atoms with van der Waals surface area (Å²) in [4.78, 5) is 0. The zero-order chi connectivity index (χ0) is 8.27. The van der Waals surface area contributed by atoms with Crippen LogP contribution < -0.4 is 5.73 Å². The molecule has 0 saturated carbocycles. The Bertz CT molecular complexity index is 227. The molecule has 11 heavy (non-hydrogen) atoms. The maximum atomic E-state index is 5.44. The van der Waals surface area contributed by atoms with Gasteiger partial charge in [0, 0.05) is 12.2 Å². The average Bonchev–Trinajstić information content (AvgIpc) is 2.34. The van der Waals surface area contributed by atoms with Crippen LogP contribution in [0.5, 0.6) is 0 Å². The van der Waals surface area contributed by atoms with Gasteiger partial charge in [-0.1, -0.05) is 0 Å². The molecule has 1 aromatic heterocycles. The number of aromatic nitrogens is 2. The second-order valence-corrected chi connectivity index (χ2v) is 2.61. The lowest BCUT2D eigenvalue weighted by Gasteiger charge is -1.99. The van der Waals surface area contributed by atoms with Gasteiger partial charge in [-0.2, -0.15) is 5.10 Å². The Morgan fingerprint density at radius 1 is 1.64 bits per heavy atom. The SMILES string of the molecule is CCn1ncc(CCN)c1C. The fourth-order valence-corrected chi connectivity index (χ4v) is 1.20. The van der Waals surface area contributed by atoms with Crippen LogP contribution >= 0.6 is 0 Å². The molecular weight excluding hydrogens is 138 g/mol. The molecule has 1 aromatic rings. The predicted molar refractivity (Wildman–Crippen MR) is 45.4 cm³/mol. The fraction of sp³-hybridized carbons (Fsp3) is 0.625. The Hall–Kier alpha value is -0.830. The number of aryl methyl sites for hydroxylation is 1. The fourth-order valence-electron chi connectivity index (χ4n) is 1.20. The van der Waals surface area contributed by atoms with Gasteiger partial charge in [0.25, 0.3) is 0 Å². The molecule has 1 heterocycles. The van der Waals surface area contributed by atoms with Gasteiger partial charge in [0.1, 0.15) is 0 Å². The van der Waals surface area contributed by atoms with Gasteiger partial charge in [0.2, 0.25) is 0 Å². The van der Waals surface area contributed by atoms with Gasteiger partial charge in [-0.25, -0.2) is 0 Å². The molecule has 1 rings (SSSR count). The number of rotatable bonds is 3. The summed E-state index contributed by atoms with van der Waals surface area (Å²) in [5.74, 6) is 0. The van der Waals surface area contributed by atoms with Crippen LogP contribution in [0.2, 0.25) is 0 Å². The molecule has 0 aliphatic heterocycles. The largest absolute Gasteiger partial charge is 0.330 e. The molecule has 0 saturated heterocycles. The lowest BCUT2D eigenvalue weighted by molar-refractivity contribution is 0.638. The quantitative estimate of drug-likeness (QED) is 0.695. The van der Waals surface area contributed by atoms with Gasteiger partial charge >= 0.3 is 0 Å². The van der Waals surface area contributed by atoms with Crippen molar-refractivity contribution in [1.82, 2.24) is 9.78 Å². The third-order valence-corrected chi connectivity index (χ3v) is 1.92. The minimum absolute atomic E-state index is 0.705. The molecular formula is C8H15N3. The van der Waals surface area contributed by atoms with Crippen molar-refractivity contribution in [2.45, 2.75) is 26.8 Å². The number of nitrogens with two attached hydrogens (primary N) is 1. The predicted octanol–water partition coefficient (Wildman–Crippen LogP) is 0.713. The molecule has 0 aliphatic rings. The van der Waals surface area contributed by atoms with E-state index in [1.54, 1.807) is 0 Å². The highest BCUT2D eigenvalue weighted by Crippen LogP contribution is 2.06. The Morgan fingerprint density at radius 3 is 2.82 bits per heavy atom. The van der Waals surface area contributed by atoms with Gasteiger partial charge in [-0.3, -0.25) is 4.68 Å². The standard InChI is InChI=1S/C8H15N3/c1-3-11-7(2)8(4-5-9)6-10-11/h6H,3-5,9H2,1-2H3. The van der Waals surface area contributed by atoms with Crippen molar-refractivity contribution in [3.05, 3.63) is 17.5 Å². The van der Waals surface area contributed by atoms with Gasteiger partial charge in [-0.05, 0) is 32.4 Å². The molecule has 0 unspecified atom stereocenters. The van der Waals surface area contributed by atoms with E-state index in [1.807, 2.05) is 10.9 Å². The van der Waals surface area contributed by atoms with E-state index in [4.69, 9.17) is 5.73 Å². The Morgan fingerprint density at radius 2 is 2.36 bits per heavy atom. The molecule has 0 aliphatic carbocycles. The van der Waals surface area contributed by atoms with E-state index in [0.717, 1.165) is 13.0 Å². The maximum absolute atomic E-state index is 5.44. The molecule has 3 heteroatoms. The second kappa shape index (κ2) is 3.53. The van der Waals surface area contributed by atoms with Crippen LogP contribution in [-0.4, -0.2) is 16.3 Å². The summed E-state index contributed by atoms with van der Waals surface area (Å²) >= 11 is 0. The van der Waals surface area contributed by atoms with Gasteiger partial charge in [-0.15, -0.1) is 0 Å². The minimum Gasteiger partial charge on any atom is -0.330 e. The normalized spacial score (nSPS) is 10.5. The lowest BCUT2D eigenvalue weighted by Crippen LogP contribution is -2.04. The van der Waals surface area contributed by atoms with Crippen LogP contribution in [-0.2, 0) is 13.0 Å². The zero-order valence-electron chi connectivity index (χ0n) is 7.17. The van der Waals surface area contributed by atoms with E-state index in [2.05, 4.69) is 18.9 Å². The molecule has 62 valence electrons. The summed E-state index contributed by atoms with van der Waals surface area (Å²) in [7, 11) is 0. The lowest BCUT2D eigenvalue weighted by atomic mass is 10.2. The molecule has 0 amide bonds. The van der Waals surface area contributed by atoms with Crippen molar-refractivity contribution in [1.29, 1.82) is 0 Å². The third kappa shape index (κ3) is 1.60.